The van der Waals surface area contributed by atoms with Gasteiger partial charge in [0.2, 0.25) is 11.8 Å². The van der Waals surface area contributed by atoms with E-state index < -0.39 is 6.04 Å². The Morgan fingerprint density at radius 3 is 2.61 bits per heavy atom. The first-order chi connectivity index (χ1) is 10.8. The van der Waals surface area contributed by atoms with Gasteiger partial charge in [-0.05, 0) is 35.4 Å². The van der Waals surface area contributed by atoms with Crippen molar-refractivity contribution in [1.82, 2.24) is 10.2 Å². The molecule has 5 heteroatoms. The molecule has 3 rings (SSSR count). The predicted octanol–water partition coefficient (Wildman–Crippen LogP) is 2.14. The number of hydrogen-bond donors (Lipinski definition) is 1. The summed E-state index contributed by atoms with van der Waals surface area (Å²) in [6.07, 6.45) is 1.49. The summed E-state index contributed by atoms with van der Waals surface area (Å²) in [4.78, 5) is 38.2. The summed E-state index contributed by atoms with van der Waals surface area (Å²) >= 11 is 0. The van der Waals surface area contributed by atoms with Crippen LogP contribution in [0.5, 0.6) is 0 Å². The standard InChI is InChI=1S/C18H22N2O3/c1-18(2,3)13-7-4-6-11-12(13)10-20(17(11)23)14-8-5-9-15(21)19-16(14)22/h4,6-7,14H,5,8-10H2,1-3H3,(H,19,21,22). The van der Waals surface area contributed by atoms with E-state index in [9.17, 15) is 14.4 Å². The molecule has 122 valence electrons. The number of carbonyl (C=O) groups excluding carboxylic acids is 3. The molecule has 2 aliphatic rings. The Bertz CT molecular complexity index is 688. The van der Waals surface area contributed by atoms with Crippen LogP contribution >= 0.6 is 0 Å². The van der Waals surface area contributed by atoms with Gasteiger partial charge in [0.15, 0.2) is 0 Å². The molecule has 0 spiro atoms. The van der Waals surface area contributed by atoms with Gasteiger partial charge in [-0.1, -0.05) is 32.9 Å². The SMILES string of the molecule is CC(C)(C)c1cccc2c1CN(C1CCCC(=O)NC1=O)C2=O. The Labute approximate surface area is 136 Å². The first kappa shape index (κ1) is 15.7. The topological polar surface area (TPSA) is 66.5 Å². The summed E-state index contributed by atoms with van der Waals surface area (Å²) in [5, 5.41) is 2.39. The number of rotatable bonds is 1. The van der Waals surface area contributed by atoms with E-state index in [1.807, 2.05) is 18.2 Å². The van der Waals surface area contributed by atoms with Crippen LogP contribution < -0.4 is 5.32 Å². The summed E-state index contributed by atoms with van der Waals surface area (Å²) in [7, 11) is 0. The van der Waals surface area contributed by atoms with Gasteiger partial charge in [-0.3, -0.25) is 19.7 Å². The monoisotopic (exact) mass is 314 g/mol. The van der Waals surface area contributed by atoms with Gasteiger partial charge in [-0.2, -0.15) is 0 Å². The van der Waals surface area contributed by atoms with Crippen molar-refractivity contribution in [2.75, 3.05) is 0 Å². The van der Waals surface area contributed by atoms with Crippen molar-refractivity contribution >= 4 is 17.7 Å². The van der Waals surface area contributed by atoms with Crippen molar-refractivity contribution in [2.24, 2.45) is 0 Å². The molecule has 0 saturated carbocycles. The summed E-state index contributed by atoms with van der Waals surface area (Å²) in [5.41, 5.74) is 2.76. The molecule has 3 amide bonds. The number of nitrogens with one attached hydrogen (secondary N) is 1. The average Bonchev–Trinajstić information content (AvgIpc) is 2.69. The third-order valence-electron chi connectivity index (χ3n) is 4.63. The fourth-order valence-electron chi connectivity index (χ4n) is 3.48. The van der Waals surface area contributed by atoms with Crippen LogP contribution in [0.25, 0.3) is 0 Å². The largest absolute Gasteiger partial charge is 0.322 e. The highest BCUT2D eigenvalue weighted by molar-refractivity contribution is 6.04. The van der Waals surface area contributed by atoms with Crippen LogP contribution in [0.4, 0.5) is 0 Å². The van der Waals surface area contributed by atoms with Crippen molar-refractivity contribution in [3.05, 3.63) is 34.9 Å². The summed E-state index contributed by atoms with van der Waals surface area (Å²) in [6.45, 7) is 6.79. The fraction of sp³-hybridized carbons (Fsp3) is 0.500. The molecule has 23 heavy (non-hydrogen) atoms. The summed E-state index contributed by atoms with van der Waals surface area (Å²) < 4.78 is 0. The van der Waals surface area contributed by atoms with Gasteiger partial charge < -0.3 is 4.90 Å². The Morgan fingerprint density at radius 2 is 1.91 bits per heavy atom. The van der Waals surface area contributed by atoms with Gasteiger partial charge in [0.1, 0.15) is 6.04 Å². The van der Waals surface area contributed by atoms with Crippen molar-refractivity contribution in [2.45, 2.75) is 58.0 Å². The first-order valence-corrected chi connectivity index (χ1v) is 8.06. The predicted molar refractivity (Wildman–Crippen MR) is 85.8 cm³/mol. The van der Waals surface area contributed by atoms with Gasteiger partial charge in [0, 0.05) is 18.5 Å². The Morgan fingerprint density at radius 1 is 1.17 bits per heavy atom. The van der Waals surface area contributed by atoms with Crippen LogP contribution in [0.2, 0.25) is 0 Å². The highest BCUT2D eigenvalue weighted by atomic mass is 16.2. The van der Waals surface area contributed by atoms with E-state index in [4.69, 9.17) is 0 Å². The van der Waals surface area contributed by atoms with E-state index in [-0.39, 0.29) is 23.1 Å². The summed E-state index contributed by atoms with van der Waals surface area (Å²) in [5.74, 6) is -0.719. The van der Waals surface area contributed by atoms with Crippen molar-refractivity contribution < 1.29 is 14.4 Å². The second-order valence-corrected chi connectivity index (χ2v) is 7.34. The van der Waals surface area contributed by atoms with E-state index in [1.54, 1.807) is 4.90 Å². The van der Waals surface area contributed by atoms with Gasteiger partial charge in [0.05, 0.1) is 0 Å². The second kappa shape index (κ2) is 5.48. The highest BCUT2D eigenvalue weighted by Gasteiger charge is 2.39. The molecule has 0 aromatic heterocycles. The van der Waals surface area contributed by atoms with Crippen molar-refractivity contribution in [3.63, 3.8) is 0 Å². The molecular formula is C18H22N2O3. The van der Waals surface area contributed by atoms with Crippen LogP contribution in [0.3, 0.4) is 0 Å². The number of carbonyl (C=O) groups is 3. The Kier molecular flexibility index (Phi) is 3.74. The molecule has 5 nitrogen and oxygen atoms in total. The molecule has 1 atom stereocenters. The number of imide groups is 1. The van der Waals surface area contributed by atoms with Crippen LogP contribution in [0.15, 0.2) is 18.2 Å². The molecule has 0 radical (unpaired) electrons. The maximum absolute atomic E-state index is 12.8. The van der Waals surface area contributed by atoms with Gasteiger partial charge >= 0.3 is 0 Å². The van der Waals surface area contributed by atoms with Crippen LogP contribution in [0, 0.1) is 0 Å². The van der Waals surface area contributed by atoms with Crippen LogP contribution in [0.1, 0.15) is 61.5 Å². The van der Waals surface area contributed by atoms with Crippen LogP contribution in [-0.4, -0.2) is 28.7 Å². The first-order valence-electron chi connectivity index (χ1n) is 8.06. The van der Waals surface area contributed by atoms with Gasteiger partial charge in [-0.15, -0.1) is 0 Å². The minimum atomic E-state index is -0.561. The number of nitrogens with zero attached hydrogens (tertiary/aromatic N) is 1. The smallest absolute Gasteiger partial charge is 0.255 e. The highest BCUT2D eigenvalue weighted by Crippen LogP contribution is 2.35. The molecule has 1 N–H and O–H groups in total. The zero-order valence-corrected chi connectivity index (χ0v) is 13.8. The third-order valence-corrected chi connectivity index (χ3v) is 4.63. The van der Waals surface area contributed by atoms with E-state index in [0.717, 1.165) is 11.1 Å². The van der Waals surface area contributed by atoms with Gasteiger partial charge in [-0.25, -0.2) is 0 Å². The molecule has 1 saturated heterocycles. The van der Waals surface area contributed by atoms with Crippen molar-refractivity contribution in [1.29, 1.82) is 0 Å². The minimum Gasteiger partial charge on any atom is -0.322 e. The molecule has 1 fully saturated rings. The van der Waals surface area contributed by atoms with Crippen molar-refractivity contribution in [3.8, 4) is 0 Å². The number of fused-ring (bicyclic) bond motifs is 1. The lowest BCUT2D eigenvalue weighted by molar-refractivity contribution is -0.132. The van der Waals surface area contributed by atoms with Gasteiger partial charge in [0.25, 0.3) is 5.91 Å². The average molecular weight is 314 g/mol. The molecule has 0 bridgehead atoms. The molecule has 0 aliphatic carbocycles. The molecule has 2 heterocycles. The van der Waals surface area contributed by atoms with E-state index in [2.05, 4.69) is 26.1 Å². The zero-order chi connectivity index (χ0) is 16.8. The molecule has 1 unspecified atom stereocenters. The Balaban J connectivity index is 1.95. The van der Waals surface area contributed by atoms with E-state index in [0.29, 0.717) is 31.4 Å². The second-order valence-electron chi connectivity index (χ2n) is 7.34. The van der Waals surface area contributed by atoms with E-state index >= 15 is 0 Å². The lowest BCUT2D eigenvalue weighted by Crippen LogP contribution is -2.47. The maximum Gasteiger partial charge on any atom is 0.255 e. The molecule has 2 aliphatic heterocycles. The van der Waals surface area contributed by atoms with Crippen LogP contribution in [-0.2, 0) is 21.5 Å². The number of amides is 3. The number of hydrogen-bond acceptors (Lipinski definition) is 3. The molecule has 1 aromatic rings. The quantitative estimate of drug-likeness (QED) is 0.808. The zero-order valence-electron chi connectivity index (χ0n) is 13.8. The fourth-order valence-corrected chi connectivity index (χ4v) is 3.48. The summed E-state index contributed by atoms with van der Waals surface area (Å²) in [6, 6.07) is 5.21. The Hall–Kier alpha value is -2.17. The molecule has 1 aromatic carbocycles. The number of benzene rings is 1. The van der Waals surface area contributed by atoms with E-state index in [1.165, 1.54) is 0 Å². The normalized spacial score (nSPS) is 22.0. The minimum absolute atomic E-state index is 0.0662. The lowest BCUT2D eigenvalue weighted by Gasteiger charge is -2.26. The molecular weight excluding hydrogens is 292 g/mol. The lowest BCUT2D eigenvalue weighted by atomic mass is 9.83. The maximum atomic E-state index is 12.8. The third kappa shape index (κ3) is 2.76.